The molecule has 4 rings (SSSR count). The topological polar surface area (TPSA) is 15.8 Å². The molecule has 1 atom stereocenters. The minimum atomic E-state index is -3.72. The molecule has 133 valence electrons. The van der Waals surface area contributed by atoms with Crippen molar-refractivity contribution in [3.63, 3.8) is 0 Å². The molecule has 0 aliphatic heterocycles. The maximum atomic E-state index is 3.79. The molecule has 5 heteroatoms. The normalized spacial score (nSPS) is 18.6. The monoisotopic (exact) mass is 468 g/mol. The summed E-state index contributed by atoms with van der Waals surface area (Å²) in [7, 11) is 0. The Balaban J connectivity index is 0.00000113. The quantitative estimate of drug-likeness (QED) is 0.488. The number of allylic oxidation sites excluding steroid dienone is 1. The van der Waals surface area contributed by atoms with Crippen LogP contribution in [0.2, 0.25) is 13.9 Å². The summed E-state index contributed by atoms with van der Waals surface area (Å²) in [5.74, 6) is 0. The molecule has 1 aromatic heterocycles. The van der Waals surface area contributed by atoms with Gasteiger partial charge in [-0.15, -0.1) is 24.8 Å². The van der Waals surface area contributed by atoms with Crippen molar-refractivity contribution in [3.05, 3.63) is 71.8 Å². The Hall–Kier alpha value is -0.600. The van der Waals surface area contributed by atoms with Crippen LogP contribution >= 0.6 is 24.8 Å². The van der Waals surface area contributed by atoms with Gasteiger partial charge in [-0.25, -0.2) is 0 Å². The zero-order valence-electron chi connectivity index (χ0n) is 15.0. The summed E-state index contributed by atoms with van der Waals surface area (Å²) in [5.41, 5.74) is 4.15. The van der Waals surface area contributed by atoms with Crippen LogP contribution in [0.5, 0.6) is 0 Å². The van der Waals surface area contributed by atoms with E-state index in [0.717, 1.165) is 0 Å². The van der Waals surface area contributed by atoms with Crippen LogP contribution in [-0.2, 0) is 15.9 Å². The molecule has 1 aliphatic rings. The average molecular weight is 471 g/mol. The van der Waals surface area contributed by atoms with Crippen LogP contribution in [0.15, 0.2) is 60.7 Å². The molecule has 1 heterocycles. The first kappa shape index (κ1) is 20.7. The number of aromatic amines is 1. The molecule has 1 nitrogen and oxygen atoms in total. The van der Waals surface area contributed by atoms with Gasteiger partial charge in [0, 0.05) is 0 Å². The van der Waals surface area contributed by atoms with Gasteiger partial charge in [-0.05, 0) is 0 Å². The molecule has 0 radical (unpaired) electrons. The van der Waals surface area contributed by atoms with E-state index in [4.69, 9.17) is 0 Å². The number of halogens is 2. The standard InChI is InChI=1S/C9H7.C8H6N.3CH3.2ClH.H2Si.Zr/c1-2-5-9-7-3-6-8(9)4-1;1-2-4-8-7(3-1)5-6-9-8;;;;;;;/h1-7H;1-5,9H;3*1H3;2*1H;1H2;. The number of para-hydroxylation sites is 1. The second-order valence-electron chi connectivity index (χ2n) is 9.44. The first-order chi connectivity index (χ1) is 10.7. The second kappa shape index (κ2) is 5.96. The van der Waals surface area contributed by atoms with Gasteiger partial charge in [0.05, 0.1) is 0 Å². The molecule has 3 aromatic rings. The maximum absolute atomic E-state index is 3.79. The molecule has 0 fully saturated rings. The van der Waals surface area contributed by atoms with Crippen molar-refractivity contribution in [2.75, 3.05) is 0 Å². The minimum absolute atomic E-state index is 0. The van der Waals surface area contributed by atoms with Gasteiger partial charge in [-0.2, -0.15) is 0 Å². The van der Waals surface area contributed by atoms with Gasteiger partial charge in [0.2, 0.25) is 0 Å². The summed E-state index contributed by atoms with van der Waals surface area (Å²) < 4.78 is 9.76. The Bertz CT molecular complexity index is 1030. The number of hydrogen-bond acceptors (Lipinski definition) is 0. The van der Waals surface area contributed by atoms with E-state index in [1.165, 1.54) is 25.4 Å². The number of hydrogen-bond donors (Lipinski definition) is 1. The van der Waals surface area contributed by atoms with E-state index in [2.05, 4.69) is 92.5 Å². The summed E-state index contributed by atoms with van der Waals surface area (Å²) in [4.78, 5) is 3.79. The Kier molecular flexibility index (Phi) is 4.93. The Labute approximate surface area is 161 Å². The molecule has 1 aliphatic carbocycles. The number of benzene rings is 2. The summed E-state index contributed by atoms with van der Waals surface area (Å²) in [6.45, 7) is 2.30. The van der Waals surface area contributed by atoms with Crippen molar-refractivity contribution in [2.24, 2.45) is 0 Å². The number of H-pyrrole nitrogens is 1. The van der Waals surface area contributed by atoms with Crippen molar-refractivity contribution < 1.29 is 15.9 Å². The number of fused-ring (bicyclic) bond motifs is 2. The summed E-state index contributed by atoms with van der Waals surface area (Å²) >= 11 is -3.72. The van der Waals surface area contributed by atoms with E-state index in [1.54, 1.807) is 0 Å². The molecular weight excluding hydrogens is 444 g/mol. The van der Waals surface area contributed by atoms with Crippen LogP contribution < -0.4 is 3.40 Å². The Morgan fingerprint density at radius 1 is 0.920 bits per heavy atom. The molecule has 1 N–H and O–H groups in total. The second-order valence-corrected chi connectivity index (χ2v) is 52.5. The van der Waals surface area contributed by atoms with Gasteiger partial charge < -0.3 is 0 Å². The molecule has 25 heavy (non-hydrogen) atoms. The Morgan fingerprint density at radius 3 is 2.28 bits per heavy atom. The van der Waals surface area contributed by atoms with Gasteiger partial charge >= 0.3 is 137 Å². The zero-order chi connectivity index (χ0) is 16.4. The molecule has 1 unspecified atom stereocenters. The van der Waals surface area contributed by atoms with Crippen molar-refractivity contribution in [1.82, 2.24) is 4.98 Å². The van der Waals surface area contributed by atoms with Gasteiger partial charge in [0.1, 0.15) is 0 Å². The van der Waals surface area contributed by atoms with E-state index in [0.29, 0.717) is 3.63 Å². The van der Waals surface area contributed by atoms with E-state index < -0.39 is 15.9 Å². The molecule has 2 aromatic carbocycles. The zero-order valence-corrected chi connectivity index (χ0v) is 20.5. The molecule has 0 saturated carbocycles. The molecule has 0 spiro atoms. The summed E-state index contributed by atoms with van der Waals surface area (Å²) in [5, 5.41) is 1.33. The predicted octanol–water partition coefficient (Wildman–Crippen LogP) is 5.32. The first-order valence-electron chi connectivity index (χ1n) is 8.37. The van der Waals surface area contributed by atoms with Gasteiger partial charge in [0.25, 0.3) is 0 Å². The number of rotatable bonds is 2. The van der Waals surface area contributed by atoms with Crippen LogP contribution in [0.1, 0.15) is 14.8 Å². The van der Waals surface area contributed by atoms with Crippen LogP contribution in [0.3, 0.4) is 0 Å². The van der Waals surface area contributed by atoms with Gasteiger partial charge in [-0.3, -0.25) is 0 Å². The van der Waals surface area contributed by atoms with Crippen molar-refractivity contribution >= 4 is 52.1 Å². The van der Waals surface area contributed by atoms with E-state index in [9.17, 15) is 0 Å². The predicted molar refractivity (Wildman–Crippen MR) is 117 cm³/mol. The average Bonchev–Trinajstić information content (AvgIpc) is 3.11. The van der Waals surface area contributed by atoms with Crippen molar-refractivity contribution in [2.45, 2.75) is 17.5 Å². The Morgan fingerprint density at radius 2 is 1.56 bits per heavy atom. The molecule has 0 saturated heterocycles. The van der Waals surface area contributed by atoms with Crippen LogP contribution in [-0.4, -0.2) is 11.9 Å². The third kappa shape index (κ3) is 3.14. The van der Waals surface area contributed by atoms with Crippen LogP contribution in [0.4, 0.5) is 0 Å². The van der Waals surface area contributed by atoms with Gasteiger partial charge in [0.15, 0.2) is 0 Å². The fraction of sp³-hybridized carbons (Fsp3) is 0.200. The summed E-state index contributed by atoms with van der Waals surface area (Å²) in [6.07, 6.45) is 4.78. The fourth-order valence-corrected chi connectivity index (χ4v) is 17.8. The van der Waals surface area contributed by atoms with E-state index in [1.807, 2.05) is 0 Å². The van der Waals surface area contributed by atoms with E-state index in [-0.39, 0.29) is 24.8 Å². The van der Waals surface area contributed by atoms with E-state index >= 15 is 0 Å². The van der Waals surface area contributed by atoms with Crippen LogP contribution in [0.25, 0.3) is 17.0 Å². The van der Waals surface area contributed by atoms with Crippen LogP contribution in [0, 0.1) is 0 Å². The first-order valence-corrected chi connectivity index (χ1v) is 24.3. The fourth-order valence-electron chi connectivity index (χ4n) is 4.13. The van der Waals surface area contributed by atoms with Gasteiger partial charge in [-0.1, -0.05) is 0 Å². The molecule has 0 bridgehead atoms. The third-order valence-corrected chi connectivity index (χ3v) is 24.7. The van der Waals surface area contributed by atoms with Crippen molar-refractivity contribution in [3.8, 4) is 0 Å². The SMILES string of the molecule is Cl.Cl.[CH3][Zr]([CH3])([CH3])(=[SiH2])([c]1cc2ccccc2[nH]1)[CH]1C=Cc2ccccc21. The third-order valence-electron chi connectivity index (χ3n) is 5.79. The molecule has 0 amide bonds. The molecular formula is C20H26Cl2NSiZr. The van der Waals surface area contributed by atoms with Crippen molar-refractivity contribution in [1.29, 1.82) is 0 Å². The number of nitrogens with one attached hydrogen (secondary N) is 1. The number of aromatic nitrogens is 1. The summed E-state index contributed by atoms with van der Waals surface area (Å²) in [6, 6.07) is 19.9.